The largest absolute Gasteiger partial charge is 0.495 e. The lowest BCUT2D eigenvalue weighted by Gasteiger charge is -2.26. The molecule has 1 unspecified atom stereocenters. The van der Waals surface area contributed by atoms with Gasteiger partial charge >= 0.3 is 0 Å². The monoisotopic (exact) mass is 224 g/mol. The predicted octanol–water partition coefficient (Wildman–Crippen LogP) is 1.91. The minimum atomic E-state index is -0.234. The van der Waals surface area contributed by atoms with E-state index in [1.54, 1.807) is 26.6 Å². The van der Waals surface area contributed by atoms with E-state index in [1.165, 1.54) is 0 Å². The molecule has 16 heavy (non-hydrogen) atoms. The molecule has 4 heteroatoms. The molecule has 0 amide bonds. The summed E-state index contributed by atoms with van der Waals surface area (Å²) in [4.78, 5) is 4.09. The van der Waals surface area contributed by atoms with Crippen molar-refractivity contribution in [2.75, 3.05) is 14.2 Å². The third-order valence-electron chi connectivity index (χ3n) is 2.66. The second-order valence-corrected chi connectivity index (χ2v) is 4.43. The first kappa shape index (κ1) is 12.9. The summed E-state index contributed by atoms with van der Waals surface area (Å²) in [6.07, 6.45) is 4.16. The SMILES string of the molecule is COc1cncc(C(N)CC(C)(C)OC)c1. The van der Waals surface area contributed by atoms with E-state index in [1.807, 2.05) is 19.9 Å². The normalized spacial score (nSPS) is 13.6. The Morgan fingerprint density at radius 2 is 2.06 bits per heavy atom. The molecule has 90 valence electrons. The molecule has 1 rings (SSSR count). The van der Waals surface area contributed by atoms with Gasteiger partial charge in [-0.3, -0.25) is 4.98 Å². The van der Waals surface area contributed by atoms with Gasteiger partial charge in [0.1, 0.15) is 5.75 Å². The van der Waals surface area contributed by atoms with Gasteiger partial charge < -0.3 is 15.2 Å². The zero-order valence-electron chi connectivity index (χ0n) is 10.4. The molecule has 4 nitrogen and oxygen atoms in total. The number of nitrogens with zero attached hydrogens (tertiary/aromatic N) is 1. The average Bonchev–Trinajstić information content (AvgIpc) is 2.28. The molecule has 1 atom stereocenters. The highest BCUT2D eigenvalue weighted by atomic mass is 16.5. The minimum Gasteiger partial charge on any atom is -0.495 e. The predicted molar refractivity (Wildman–Crippen MR) is 63.4 cm³/mol. The highest BCUT2D eigenvalue weighted by Crippen LogP contribution is 2.25. The molecule has 1 aromatic heterocycles. The Hall–Kier alpha value is -1.13. The molecule has 2 N–H and O–H groups in total. The first-order valence-corrected chi connectivity index (χ1v) is 5.28. The van der Waals surface area contributed by atoms with Crippen molar-refractivity contribution in [2.45, 2.75) is 31.9 Å². The molecule has 0 bridgehead atoms. The third-order valence-corrected chi connectivity index (χ3v) is 2.66. The second kappa shape index (κ2) is 5.27. The van der Waals surface area contributed by atoms with Gasteiger partial charge in [-0.05, 0) is 31.9 Å². The zero-order valence-corrected chi connectivity index (χ0v) is 10.4. The highest BCUT2D eigenvalue weighted by Gasteiger charge is 2.21. The van der Waals surface area contributed by atoms with Crippen LogP contribution in [0.2, 0.25) is 0 Å². The maximum absolute atomic E-state index is 6.10. The summed E-state index contributed by atoms with van der Waals surface area (Å²) >= 11 is 0. The van der Waals surface area contributed by atoms with Crippen LogP contribution < -0.4 is 10.5 Å². The summed E-state index contributed by atoms with van der Waals surface area (Å²) in [5, 5.41) is 0. The van der Waals surface area contributed by atoms with E-state index in [0.717, 1.165) is 17.7 Å². The fourth-order valence-corrected chi connectivity index (χ4v) is 1.48. The van der Waals surface area contributed by atoms with E-state index < -0.39 is 0 Å². The van der Waals surface area contributed by atoms with Crippen LogP contribution in [0.5, 0.6) is 5.75 Å². The van der Waals surface area contributed by atoms with Crippen LogP contribution in [-0.2, 0) is 4.74 Å². The number of methoxy groups -OCH3 is 2. The van der Waals surface area contributed by atoms with Gasteiger partial charge in [-0.2, -0.15) is 0 Å². The number of ether oxygens (including phenoxy) is 2. The van der Waals surface area contributed by atoms with Crippen molar-refractivity contribution in [2.24, 2.45) is 5.73 Å². The molecule has 0 aliphatic heterocycles. The average molecular weight is 224 g/mol. The number of hydrogen-bond acceptors (Lipinski definition) is 4. The van der Waals surface area contributed by atoms with E-state index in [9.17, 15) is 0 Å². The van der Waals surface area contributed by atoms with Gasteiger partial charge in [-0.15, -0.1) is 0 Å². The first-order chi connectivity index (χ1) is 7.48. The molecular weight excluding hydrogens is 204 g/mol. The Balaban J connectivity index is 2.76. The number of rotatable bonds is 5. The van der Waals surface area contributed by atoms with Crippen LogP contribution in [0.15, 0.2) is 18.5 Å². The van der Waals surface area contributed by atoms with Crippen molar-refractivity contribution in [3.63, 3.8) is 0 Å². The van der Waals surface area contributed by atoms with Gasteiger partial charge in [0.25, 0.3) is 0 Å². The molecule has 0 aliphatic rings. The van der Waals surface area contributed by atoms with E-state index in [2.05, 4.69) is 4.98 Å². The van der Waals surface area contributed by atoms with Crippen LogP contribution in [0.3, 0.4) is 0 Å². The molecule has 0 radical (unpaired) electrons. The molecule has 0 aliphatic carbocycles. The van der Waals surface area contributed by atoms with Gasteiger partial charge in [-0.1, -0.05) is 0 Å². The maximum Gasteiger partial charge on any atom is 0.137 e. The summed E-state index contributed by atoms with van der Waals surface area (Å²) in [5.74, 6) is 0.725. The number of hydrogen-bond donors (Lipinski definition) is 1. The first-order valence-electron chi connectivity index (χ1n) is 5.28. The van der Waals surface area contributed by atoms with Crippen LogP contribution in [0.25, 0.3) is 0 Å². The van der Waals surface area contributed by atoms with Crippen molar-refractivity contribution in [1.82, 2.24) is 4.98 Å². The van der Waals surface area contributed by atoms with Gasteiger partial charge in [0.15, 0.2) is 0 Å². The van der Waals surface area contributed by atoms with Crippen LogP contribution >= 0.6 is 0 Å². The molecule has 0 spiro atoms. The Morgan fingerprint density at radius 1 is 1.38 bits per heavy atom. The molecule has 1 heterocycles. The van der Waals surface area contributed by atoms with Crippen molar-refractivity contribution in [1.29, 1.82) is 0 Å². The lowest BCUT2D eigenvalue weighted by Crippen LogP contribution is -2.28. The van der Waals surface area contributed by atoms with E-state index in [4.69, 9.17) is 15.2 Å². The zero-order chi connectivity index (χ0) is 12.2. The van der Waals surface area contributed by atoms with Crippen LogP contribution in [0.1, 0.15) is 31.9 Å². The second-order valence-electron chi connectivity index (χ2n) is 4.43. The summed E-state index contributed by atoms with van der Waals surface area (Å²) in [6.45, 7) is 4.03. The van der Waals surface area contributed by atoms with E-state index in [0.29, 0.717) is 0 Å². The maximum atomic E-state index is 6.10. The van der Waals surface area contributed by atoms with Crippen LogP contribution in [-0.4, -0.2) is 24.8 Å². The highest BCUT2D eigenvalue weighted by molar-refractivity contribution is 5.25. The fraction of sp³-hybridized carbons (Fsp3) is 0.583. The van der Waals surface area contributed by atoms with E-state index >= 15 is 0 Å². The van der Waals surface area contributed by atoms with Gasteiger partial charge in [-0.25, -0.2) is 0 Å². The molecule has 1 aromatic rings. The Labute approximate surface area is 96.8 Å². The fourth-order valence-electron chi connectivity index (χ4n) is 1.48. The minimum absolute atomic E-state index is 0.0995. The molecule has 0 saturated heterocycles. The Bertz CT molecular complexity index is 340. The smallest absolute Gasteiger partial charge is 0.137 e. The van der Waals surface area contributed by atoms with Crippen molar-refractivity contribution in [3.05, 3.63) is 24.0 Å². The standard InChI is InChI=1S/C12H20N2O2/c1-12(2,16-4)6-11(13)9-5-10(15-3)8-14-7-9/h5,7-8,11H,6,13H2,1-4H3. The molecule has 0 fully saturated rings. The summed E-state index contributed by atoms with van der Waals surface area (Å²) < 4.78 is 10.5. The number of pyridine rings is 1. The van der Waals surface area contributed by atoms with Crippen LogP contribution in [0.4, 0.5) is 0 Å². The van der Waals surface area contributed by atoms with Gasteiger partial charge in [0, 0.05) is 19.3 Å². The Kier molecular flexibility index (Phi) is 4.26. The summed E-state index contributed by atoms with van der Waals surface area (Å²) in [7, 11) is 3.31. The third kappa shape index (κ3) is 3.47. The topological polar surface area (TPSA) is 57.4 Å². The van der Waals surface area contributed by atoms with E-state index in [-0.39, 0.29) is 11.6 Å². The van der Waals surface area contributed by atoms with Gasteiger partial charge in [0.2, 0.25) is 0 Å². The number of nitrogens with two attached hydrogens (primary N) is 1. The van der Waals surface area contributed by atoms with Crippen molar-refractivity contribution >= 4 is 0 Å². The van der Waals surface area contributed by atoms with Gasteiger partial charge in [0.05, 0.1) is 18.9 Å². The number of aromatic nitrogens is 1. The molecule has 0 saturated carbocycles. The van der Waals surface area contributed by atoms with Crippen LogP contribution in [0, 0.1) is 0 Å². The molecule has 0 aromatic carbocycles. The lowest BCUT2D eigenvalue weighted by molar-refractivity contribution is 0.00992. The quantitative estimate of drug-likeness (QED) is 0.830. The summed E-state index contributed by atoms with van der Waals surface area (Å²) in [6, 6.07) is 1.81. The van der Waals surface area contributed by atoms with Crippen molar-refractivity contribution in [3.8, 4) is 5.75 Å². The Morgan fingerprint density at radius 3 is 2.62 bits per heavy atom. The molecular formula is C12H20N2O2. The van der Waals surface area contributed by atoms with Crippen molar-refractivity contribution < 1.29 is 9.47 Å². The lowest BCUT2D eigenvalue weighted by atomic mass is 9.95. The summed E-state index contributed by atoms with van der Waals surface area (Å²) in [5.41, 5.74) is 6.83.